The number of aliphatic hydroxyl groups excluding tert-OH is 1. The maximum Gasteiger partial charge on any atom is 0.472 e. The predicted molar refractivity (Wildman–Crippen MR) is 391 cm³/mol. The van der Waals surface area contributed by atoms with E-state index >= 15 is 0 Å². The summed E-state index contributed by atoms with van der Waals surface area (Å²) in [6.07, 6.45) is 62.2. The molecule has 0 radical (unpaired) electrons. The molecule has 17 nitrogen and oxygen atoms in total. The van der Waals surface area contributed by atoms with Gasteiger partial charge in [0.1, 0.15) is 19.3 Å². The minimum atomic E-state index is -4.96. The fourth-order valence-electron chi connectivity index (χ4n) is 11.3. The molecule has 0 aliphatic heterocycles. The van der Waals surface area contributed by atoms with Crippen LogP contribution in [0.3, 0.4) is 0 Å². The third-order valence-corrected chi connectivity index (χ3v) is 19.7. The van der Waals surface area contributed by atoms with Crippen LogP contribution < -0.4 is 0 Å². The van der Waals surface area contributed by atoms with Crippen molar-refractivity contribution in [2.45, 2.75) is 400 Å². The van der Waals surface area contributed by atoms with Gasteiger partial charge in [0.2, 0.25) is 0 Å². The molecular weight excluding hydrogens is 1260 g/mol. The first kappa shape index (κ1) is 93.5. The summed E-state index contributed by atoms with van der Waals surface area (Å²) in [5.41, 5.74) is 0. The summed E-state index contributed by atoms with van der Waals surface area (Å²) in [6.45, 7) is 7.21. The van der Waals surface area contributed by atoms with E-state index in [-0.39, 0.29) is 25.7 Å². The summed E-state index contributed by atoms with van der Waals surface area (Å²) in [5, 5.41) is 10.6. The number of ether oxygens (including phenoxy) is 4. The number of aliphatic hydroxyl groups is 1. The Labute approximate surface area is 586 Å². The fraction of sp³-hybridized carbons (Fsp3) is 0.896. The maximum atomic E-state index is 13.1. The van der Waals surface area contributed by atoms with Gasteiger partial charge in [0.25, 0.3) is 0 Å². The molecule has 0 saturated heterocycles. The van der Waals surface area contributed by atoms with Crippen molar-refractivity contribution in [1.29, 1.82) is 0 Å². The summed E-state index contributed by atoms with van der Waals surface area (Å²) in [6, 6.07) is 0. The van der Waals surface area contributed by atoms with Crippen LogP contribution in [0.5, 0.6) is 0 Å². The summed E-state index contributed by atoms with van der Waals surface area (Å²) in [7, 11) is -9.91. The van der Waals surface area contributed by atoms with E-state index in [0.717, 1.165) is 121 Å². The van der Waals surface area contributed by atoms with Gasteiger partial charge >= 0.3 is 39.5 Å². The normalized spacial score (nSPS) is 14.4. The summed E-state index contributed by atoms with van der Waals surface area (Å²) >= 11 is 0. The van der Waals surface area contributed by atoms with Gasteiger partial charge in [-0.2, -0.15) is 0 Å². The number of hydrogen-bond donors (Lipinski definition) is 3. The average molecular weight is 1410 g/mol. The van der Waals surface area contributed by atoms with Crippen LogP contribution in [0.1, 0.15) is 381 Å². The van der Waals surface area contributed by atoms with E-state index in [2.05, 4.69) is 58.9 Å². The average Bonchev–Trinajstić information content (AvgIpc) is 2.63. The number of rotatable bonds is 75. The van der Waals surface area contributed by atoms with Gasteiger partial charge < -0.3 is 33.8 Å². The molecule has 3 N–H and O–H groups in total. The molecule has 0 saturated carbocycles. The molecule has 96 heavy (non-hydrogen) atoms. The lowest BCUT2D eigenvalue weighted by Gasteiger charge is -2.21. The zero-order valence-electron chi connectivity index (χ0n) is 62.0. The van der Waals surface area contributed by atoms with Crippen LogP contribution in [0.15, 0.2) is 24.3 Å². The predicted octanol–water partition coefficient (Wildman–Crippen LogP) is 22.4. The highest BCUT2D eigenvalue weighted by atomic mass is 31.2. The van der Waals surface area contributed by atoms with Crippen molar-refractivity contribution in [3.63, 3.8) is 0 Å². The molecule has 0 spiro atoms. The third kappa shape index (κ3) is 68.7. The molecule has 3 unspecified atom stereocenters. The highest BCUT2D eigenvalue weighted by Gasteiger charge is 2.30. The molecule has 0 aromatic rings. The Morgan fingerprint density at radius 3 is 0.885 bits per heavy atom. The topological polar surface area (TPSA) is 237 Å². The first-order valence-corrected chi connectivity index (χ1v) is 42.5. The standard InChI is InChI=1S/C77H146O17P2/c1-6-10-13-16-18-20-22-24-30-35-38-42-46-51-56-61-75(80)88-67-73(94-77(82)63-58-53-48-44-40-36-32-29-27-26-28-31-33-37-41-45-50-54-59-70(5)9-4)69-92-96(85,86)90-65-71(78)64-89-95(83,84)91-68-72(66-87-74(79)60-55-49-15-12-8-3)93-76(81)62-57-52-47-43-39-34-25-23-21-19-17-14-11-7-2/h20,22,24,30,70-73,78H,6-19,21,23,25-29,31-69H2,1-5H3,(H,83,84)(H,85,86)/b22-20-,30-24-/t70?,71-,72+,73+/m0/s1. The summed E-state index contributed by atoms with van der Waals surface area (Å²) < 4.78 is 68.3. The SMILES string of the molecule is CCCCCC/C=C\C=C/CCCCCCCC(=O)OC[C@H](COP(=O)(O)OC[C@@H](O)COP(=O)(O)OC[C@@H](COC(=O)CCCCCCC)OC(=O)CCCCCCCCCCCCCCCC)OC(=O)CCCCCCCCCCCCCCCCCCCCC(C)CC. The Kier molecular flexibility index (Phi) is 67.8. The number of hydrogen-bond acceptors (Lipinski definition) is 15. The van der Waals surface area contributed by atoms with Crippen molar-refractivity contribution in [3.05, 3.63) is 24.3 Å². The van der Waals surface area contributed by atoms with Gasteiger partial charge in [-0.05, 0) is 57.3 Å². The van der Waals surface area contributed by atoms with E-state index in [1.165, 1.54) is 180 Å². The summed E-state index contributed by atoms with van der Waals surface area (Å²) in [5.74, 6) is -1.29. The van der Waals surface area contributed by atoms with Crippen molar-refractivity contribution in [2.24, 2.45) is 5.92 Å². The highest BCUT2D eigenvalue weighted by Crippen LogP contribution is 2.45. The Hall–Kier alpha value is -2.46. The van der Waals surface area contributed by atoms with E-state index in [9.17, 15) is 43.2 Å². The van der Waals surface area contributed by atoms with Gasteiger partial charge in [0.05, 0.1) is 26.4 Å². The summed E-state index contributed by atoms with van der Waals surface area (Å²) in [4.78, 5) is 72.5. The zero-order chi connectivity index (χ0) is 70.5. The highest BCUT2D eigenvalue weighted by molar-refractivity contribution is 7.47. The van der Waals surface area contributed by atoms with E-state index in [1.807, 2.05) is 0 Å². The molecule has 6 atom stereocenters. The van der Waals surface area contributed by atoms with E-state index in [1.54, 1.807) is 0 Å². The van der Waals surface area contributed by atoms with Crippen molar-refractivity contribution >= 4 is 39.5 Å². The first-order valence-electron chi connectivity index (χ1n) is 39.5. The van der Waals surface area contributed by atoms with Crippen molar-refractivity contribution in [3.8, 4) is 0 Å². The smallest absolute Gasteiger partial charge is 0.462 e. The lowest BCUT2D eigenvalue weighted by Crippen LogP contribution is -2.30. The van der Waals surface area contributed by atoms with Crippen molar-refractivity contribution in [2.75, 3.05) is 39.6 Å². The van der Waals surface area contributed by atoms with Gasteiger partial charge in [-0.15, -0.1) is 0 Å². The molecule has 566 valence electrons. The molecule has 0 bridgehead atoms. The molecule has 0 heterocycles. The van der Waals surface area contributed by atoms with Gasteiger partial charge in [-0.1, -0.05) is 329 Å². The van der Waals surface area contributed by atoms with Crippen LogP contribution >= 0.6 is 15.6 Å². The molecular formula is C77H146O17P2. The van der Waals surface area contributed by atoms with E-state index in [4.69, 9.17) is 37.0 Å². The Morgan fingerprint density at radius 1 is 0.333 bits per heavy atom. The number of carbonyl (C=O) groups is 4. The second-order valence-corrected chi connectivity index (χ2v) is 30.2. The number of carbonyl (C=O) groups excluding carboxylic acids is 4. The maximum absolute atomic E-state index is 13.1. The first-order chi connectivity index (χ1) is 46.6. The van der Waals surface area contributed by atoms with Gasteiger partial charge in [-0.3, -0.25) is 37.3 Å². The lowest BCUT2D eigenvalue weighted by molar-refractivity contribution is -0.161. The Morgan fingerprint density at radius 2 is 0.583 bits per heavy atom. The van der Waals surface area contributed by atoms with Crippen LogP contribution in [0, 0.1) is 5.92 Å². The number of allylic oxidation sites excluding steroid dienone is 4. The quantitative estimate of drug-likeness (QED) is 0.0169. The minimum Gasteiger partial charge on any atom is -0.462 e. The molecule has 0 fully saturated rings. The number of phosphoric acid groups is 2. The van der Waals surface area contributed by atoms with Gasteiger partial charge in [0, 0.05) is 25.7 Å². The molecule has 0 aromatic carbocycles. The van der Waals surface area contributed by atoms with Crippen molar-refractivity contribution in [1.82, 2.24) is 0 Å². The van der Waals surface area contributed by atoms with Crippen molar-refractivity contribution < 1.29 is 80.2 Å². The van der Waals surface area contributed by atoms with Gasteiger partial charge in [-0.25, -0.2) is 9.13 Å². The second kappa shape index (κ2) is 69.6. The lowest BCUT2D eigenvalue weighted by atomic mass is 9.99. The van der Waals surface area contributed by atoms with Crippen LogP contribution in [-0.2, 0) is 65.4 Å². The fourth-order valence-corrected chi connectivity index (χ4v) is 12.9. The molecule has 0 aliphatic carbocycles. The van der Waals surface area contributed by atoms with Crippen LogP contribution in [0.4, 0.5) is 0 Å². The monoisotopic (exact) mass is 1410 g/mol. The van der Waals surface area contributed by atoms with Crippen LogP contribution in [-0.4, -0.2) is 96.7 Å². The molecule has 0 rings (SSSR count). The van der Waals surface area contributed by atoms with E-state index < -0.39 is 97.5 Å². The molecule has 19 heteroatoms. The molecule has 0 amide bonds. The van der Waals surface area contributed by atoms with Gasteiger partial charge in [0.15, 0.2) is 12.2 Å². The number of esters is 4. The number of unbranched alkanes of at least 4 members (excludes halogenated alkanes) is 43. The largest absolute Gasteiger partial charge is 0.472 e. The second-order valence-electron chi connectivity index (χ2n) is 27.3. The molecule has 0 aromatic heterocycles. The third-order valence-electron chi connectivity index (χ3n) is 17.8. The van der Waals surface area contributed by atoms with Crippen LogP contribution in [0.2, 0.25) is 0 Å². The van der Waals surface area contributed by atoms with Crippen LogP contribution in [0.25, 0.3) is 0 Å². The van der Waals surface area contributed by atoms with E-state index in [0.29, 0.717) is 25.7 Å². The number of phosphoric ester groups is 2. The zero-order valence-corrected chi connectivity index (χ0v) is 63.8. The Balaban J connectivity index is 5.14. The Bertz CT molecular complexity index is 1940. The minimum absolute atomic E-state index is 0.102. The molecule has 0 aliphatic rings.